The number of nitrogen functional groups attached to an aromatic ring is 1. The number of anilines is 2. The quantitative estimate of drug-likeness (QED) is 0.817. The number of nitrogens with zero attached hydrogens (tertiary/aromatic N) is 3. The number of furan rings is 1. The van der Waals surface area contributed by atoms with Gasteiger partial charge in [-0.1, -0.05) is 0 Å². The first kappa shape index (κ1) is 12.8. The van der Waals surface area contributed by atoms with E-state index in [0.717, 1.165) is 0 Å². The van der Waals surface area contributed by atoms with Crippen molar-refractivity contribution >= 4 is 22.9 Å². The lowest BCUT2D eigenvalue weighted by atomic mass is 9.94. The number of hydrogen-bond acceptors (Lipinski definition) is 6. The van der Waals surface area contributed by atoms with E-state index in [1.807, 2.05) is 4.90 Å². The highest BCUT2D eigenvalue weighted by Gasteiger charge is 2.39. The summed E-state index contributed by atoms with van der Waals surface area (Å²) in [6, 6.07) is 0.0881. The Kier molecular flexibility index (Phi) is 2.45. The minimum Gasteiger partial charge on any atom is -0.455 e. The Hall–Kier alpha value is -1.96. The monoisotopic (exact) mass is 295 g/mol. The van der Waals surface area contributed by atoms with E-state index in [1.54, 1.807) is 0 Å². The maximum atomic E-state index is 13.6. The highest BCUT2D eigenvalue weighted by atomic mass is 19.3. The molecule has 21 heavy (non-hydrogen) atoms. The Morgan fingerprint density at radius 2 is 2.05 bits per heavy atom. The zero-order valence-corrected chi connectivity index (χ0v) is 11.3. The van der Waals surface area contributed by atoms with Crippen LogP contribution in [0.4, 0.5) is 20.5 Å². The maximum absolute atomic E-state index is 13.6. The summed E-state index contributed by atoms with van der Waals surface area (Å²) in [7, 11) is 0. The molecule has 0 atom stereocenters. The van der Waals surface area contributed by atoms with E-state index in [-0.39, 0.29) is 31.3 Å². The Balaban J connectivity index is 1.87. The van der Waals surface area contributed by atoms with Gasteiger partial charge in [0.05, 0.1) is 0 Å². The molecule has 1 saturated heterocycles. The molecular weight excluding hydrogens is 280 g/mol. The van der Waals surface area contributed by atoms with Gasteiger partial charge in [-0.15, -0.1) is 0 Å². The van der Waals surface area contributed by atoms with Gasteiger partial charge in [-0.05, 0) is 0 Å². The van der Waals surface area contributed by atoms with E-state index in [9.17, 15) is 8.78 Å². The Labute approximate surface area is 119 Å². The molecule has 4 N–H and O–H groups in total. The number of rotatable bonds is 1. The van der Waals surface area contributed by atoms with Crippen molar-refractivity contribution in [3.8, 4) is 0 Å². The third kappa shape index (κ3) is 1.93. The van der Waals surface area contributed by atoms with Crippen LogP contribution in [0.5, 0.6) is 0 Å². The molecular formula is C13H15F2N5O. The summed E-state index contributed by atoms with van der Waals surface area (Å²) >= 11 is 0. The van der Waals surface area contributed by atoms with Gasteiger partial charge in [-0.25, -0.2) is 13.8 Å². The van der Waals surface area contributed by atoms with Crippen LogP contribution in [0, 0.1) is 0 Å². The lowest BCUT2D eigenvalue weighted by Gasteiger charge is -2.37. The van der Waals surface area contributed by atoms with Crippen molar-refractivity contribution in [2.75, 3.05) is 23.7 Å². The first-order valence-electron chi connectivity index (χ1n) is 6.89. The molecule has 112 valence electrons. The van der Waals surface area contributed by atoms with Crippen molar-refractivity contribution in [1.29, 1.82) is 0 Å². The molecule has 0 spiro atoms. The zero-order valence-electron chi connectivity index (χ0n) is 11.3. The molecule has 1 aliphatic heterocycles. The lowest BCUT2D eigenvalue weighted by Crippen LogP contribution is -2.56. The third-order valence-electron chi connectivity index (χ3n) is 4.08. The predicted molar refractivity (Wildman–Crippen MR) is 73.4 cm³/mol. The van der Waals surface area contributed by atoms with Gasteiger partial charge in [-0.3, -0.25) is 0 Å². The number of aryl methyl sites for hydroxylation is 1. The van der Waals surface area contributed by atoms with Crippen LogP contribution in [0.15, 0.2) is 4.42 Å². The van der Waals surface area contributed by atoms with Crippen LogP contribution in [0.3, 0.4) is 0 Å². The van der Waals surface area contributed by atoms with Crippen LogP contribution in [-0.2, 0) is 12.8 Å². The molecule has 1 fully saturated rings. The number of aromatic nitrogens is 2. The minimum absolute atomic E-state index is 0.0652. The molecule has 8 heteroatoms. The smallest absolute Gasteiger partial charge is 0.252 e. The summed E-state index contributed by atoms with van der Waals surface area (Å²) in [6.45, 7) is 1.29. The van der Waals surface area contributed by atoms with E-state index in [2.05, 4.69) is 9.97 Å². The van der Waals surface area contributed by atoms with Crippen LogP contribution in [0.2, 0.25) is 0 Å². The highest BCUT2D eigenvalue weighted by molar-refractivity contribution is 5.89. The van der Waals surface area contributed by atoms with Crippen molar-refractivity contribution in [2.24, 2.45) is 5.73 Å². The van der Waals surface area contributed by atoms with Crippen LogP contribution in [0.25, 0.3) is 11.1 Å². The number of alkyl halides is 2. The maximum Gasteiger partial charge on any atom is 0.252 e. The fourth-order valence-corrected chi connectivity index (χ4v) is 3.00. The summed E-state index contributed by atoms with van der Waals surface area (Å²) in [5.41, 5.74) is 12.8. The number of fused-ring (bicyclic) bond motifs is 3. The van der Waals surface area contributed by atoms with Crippen molar-refractivity contribution in [1.82, 2.24) is 9.97 Å². The molecule has 0 amide bonds. The molecule has 0 saturated carbocycles. The van der Waals surface area contributed by atoms with Gasteiger partial charge in [0.15, 0.2) is 11.4 Å². The number of nitrogens with two attached hydrogens (primary N) is 2. The Bertz CT molecular complexity index is 723. The van der Waals surface area contributed by atoms with E-state index in [0.29, 0.717) is 41.3 Å². The van der Waals surface area contributed by atoms with Crippen LogP contribution < -0.4 is 16.4 Å². The summed E-state index contributed by atoms with van der Waals surface area (Å²) < 4.78 is 33.0. The zero-order chi connectivity index (χ0) is 14.8. The second kappa shape index (κ2) is 4.03. The van der Waals surface area contributed by atoms with Crippen LogP contribution in [-0.4, -0.2) is 35.0 Å². The fourth-order valence-electron chi connectivity index (χ4n) is 3.00. The average Bonchev–Trinajstić information content (AvgIpc) is 2.71. The van der Waals surface area contributed by atoms with E-state index in [4.69, 9.17) is 15.9 Å². The molecule has 6 nitrogen and oxygen atoms in total. The van der Waals surface area contributed by atoms with Crippen molar-refractivity contribution in [3.63, 3.8) is 0 Å². The van der Waals surface area contributed by atoms with Gasteiger partial charge in [0.2, 0.25) is 5.95 Å². The molecule has 2 aliphatic rings. The molecule has 0 unspecified atom stereocenters. The summed E-state index contributed by atoms with van der Waals surface area (Å²) in [6.07, 6.45) is -0.352. The van der Waals surface area contributed by atoms with Gasteiger partial charge < -0.3 is 20.8 Å². The average molecular weight is 295 g/mol. The van der Waals surface area contributed by atoms with E-state index >= 15 is 0 Å². The van der Waals surface area contributed by atoms with Gasteiger partial charge in [0, 0.05) is 44.0 Å². The van der Waals surface area contributed by atoms with Crippen molar-refractivity contribution < 1.29 is 13.2 Å². The molecule has 1 aliphatic carbocycles. The topological polar surface area (TPSA) is 94.2 Å². The van der Waals surface area contributed by atoms with E-state index in [1.165, 1.54) is 0 Å². The molecule has 2 aromatic heterocycles. The second-order valence-electron chi connectivity index (χ2n) is 5.78. The highest BCUT2D eigenvalue weighted by Crippen LogP contribution is 2.40. The molecule has 0 bridgehead atoms. The number of halogens is 2. The van der Waals surface area contributed by atoms with Gasteiger partial charge in [-0.2, -0.15) is 4.98 Å². The fraction of sp³-hybridized carbons (Fsp3) is 0.538. The minimum atomic E-state index is -2.72. The van der Waals surface area contributed by atoms with E-state index < -0.39 is 5.92 Å². The molecule has 3 heterocycles. The third-order valence-corrected chi connectivity index (χ3v) is 4.08. The SMILES string of the molecule is Nc1nc(N2CC(N)C2)c2oc3c(c2n1)CC(F)(F)CC3. The number of hydrogen-bond donors (Lipinski definition) is 2. The van der Waals surface area contributed by atoms with Crippen molar-refractivity contribution in [2.45, 2.75) is 31.2 Å². The molecule has 2 aromatic rings. The van der Waals surface area contributed by atoms with Crippen LogP contribution >= 0.6 is 0 Å². The van der Waals surface area contributed by atoms with Gasteiger partial charge in [0.25, 0.3) is 5.92 Å². The lowest BCUT2D eigenvalue weighted by molar-refractivity contribution is -0.0140. The normalized spacial score (nSPS) is 21.4. The molecule has 0 radical (unpaired) electrons. The largest absolute Gasteiger partial charge is 0.455 e. The predicted octanol–water partition coefficient (Wildman–Crippen LogP) is 1.08. The van der Waals surface area contributed by atoms with Crippen LogP contribution in [0.1, 0.15) is 17.7 Å². The second-order valence-corrected chi connectivity index (χ2v) is 5.78. The van der Waals surface area contributed by atoms with Crippen molar-refractivity contribution in [3.05, 3.63) is 11.3 Å². The summed E-state index contributed by atoms with van der Waals surface area (Å²) in [4.78, 5) is 10.2. The summed E-state index contributed by atoms with van der Waals surface area (Å²) in [5, 5.41) is 0. The standard InChI is InChI=1S/C13H15F2N5O/c14-13(15)2-1-8-7(3-13)9-10(21-8)11(19-12(17)18-9)20-4-6(16)5-20/h6H,1-5,16H2,(H2,17,18,19). The molecule has 0 aromatic carbocycles. The first-order chi connectivity index (χ1) is 9.93. The summed E-state index contributed by atoms with van der Waals surface area (Å²) in [5.74, 6) is -1.53. The van der Waals surface area contributed by atoms with Gasteiger partial charge >= 0.3 is 0 Å². The van der Waals surface area contributed by atoms with Gasteiger partial charge in [0.1, 0.15) is 11.3 Å². The Morgan fingerprint density at radius 3 is 2.76 bits per heavy atom. The first-order valence-corrected chi connectivity index (χ1v) is 6.89. The Morgan fingerprint density at radius 1 is 1.29 bits per heavy atom. The molecule has 4 rings (SSSR count).